The van der Waals surface area contributed by atoms with Crippen LogP contribution >= 0.6 is 0 Å². The first-order valence-corrected chi connectivity index (χ1v) is 10.2. The first-order valence-electron chi connectivity index (χ1n) is 10.2. The van der Waals surface area contributed by atoms with Crippen molar-refractivity contribution < 1.29 is 4.79 Å². The Labute approximate surface area is 157 Å². The fourth-order valence-corrected chi connectivity index (χ4v) is 4.29. The van der Waals surface area contributed by atoms with Crippen molar-refractivity contribution in [2.24, 2.45) is 5.92 Å². The monoisotopic (exact) mass is 350 g/mol. The lowest BCUT2D eigenvalue weighted by molar-refractivity contribution is -0.133. The molecule has 3 nitrogen and oxygen atoms in total. The van der Waals surface area contributed by atoms with Crippen LogP contribution in [0.3, 0.4) is 0 Å². The molecule has 138 valence electrons. The molecule has 1 aliphatic heterocycles. The third kappa shape index (κ3) is 4.09. The molecule has 2 aliphatic rings. The van der Waals surface area contributed by atoms with Gasteiger partial charge in [0, 0.05) is 38.6 Å². The lowest BCUT2D eigenvalue weighted by atomic mass is 10.00. The second-order valence-electron chi connectivity index (χ2n) is 8.18. The largest absolute Gasteiger partial charge is 0.342 e. The molecule has 26 heavy (non-hydrogen) atoms. The van der Waals surface area contributed by atoms with Gasteiger partial charge in [-0.15, -0.1) is 0 Å². The van der Waals surface area contributed by atoms with Gasteiger partial charge in [0.25, 0.3) is 0 Å². The van der Waals surface area contributed by atoms with Gasteiger partial charge in [-0.2, -0.15) is 0 Å². The summed E-state index contributed by atoms with van der Waals surface area (Å²) in [5.41, 5.74) is 1.38. The number of rotatable bonds is 6. The fraction of sp³-hybridized carbons (Fsp3) is 0.522. The summed E-state index contributed by atoms with van der Waals surface area (Å²) in [5, 5.41) is 2.65. The molecule has 2 fully saturated rings. The summed E-state index contributed by atoms with van der Waals surface area (Å²) < 4.78 is 0. The number of fused-ring (bicyclic) bond motifs is 1. The van der Waals surface area contributed by atoms with Gasteiger partial charge in [-0.25, -0.2) is 0 Å². The molecule has 4 rings (SSSR count). The van der Waals surface area contributed by atoms with Crippen LogP contribution in [0, 0.1) is 5.92 Å². The smallest absolute Gasteiger partial charge is 0.223 e. The van der Waals surface area contributed by atoms with Crippen LogP contribution in [0.1, 0.15) is 44.6 Å². The van der Waals surface area contributed by atoms with E-state index >= 15 is 0 Å². The second kappa shape index (κ2) is 7.79. The Bertz CT molecular complexity index is 762. The number of hydrogen-bond donors (Lipinski definition) is 0. The number of amides is 1. The van der Waals surface area contributed by atoms with E-state index in [1.54, 1.807) is 0 Å². The van der Waals surface area contributed by atoms with Gasteiger partial charge in [0.15, 0.2) is 0 Å². The number of carbonyl (C=O) groups excluding carboxylic acids is 1. The maximum Gasteiger partial charge on any atom is 0.223 e. The first kappa shape index (κ1) is 17.5. The summed E-state index contributed by atoms with van der Waals surface area (Å²) in [7, 11) is 0. The fourth-order valence-electron chi connectivity index (χ4n) is 4.29. The quantitative estimate of drug-likeness (QED) is 0.768. The number of carbonyl (C=O) groups is 1. The van der Waals surface area contributed by atoms with Crippen molar-refractivity contribution in [1.82, 2.24) is 9.80 Å². The van der Waals surface area contributed by atoms with E-state index in [2.05, 4.69) is 59.2 Å². The summed E-state index contributed by atoms with van der Waals surface area (Å²) in [6, 6.07) is 15.9. The highest BCUT2D eigenvalue weighted by Gasteiger charge is 2.30. The molecule has 1 unspecified atom stereocenters. The van der Waals surface area contributed by atoms with Gasteiger partial charge in [0.05, 0.1) is 0 Å². The zero-order chi connectivity index (χ0) is 17.9. The Morgan fingerprint density at radius 3 is 2.73 bits per heavy atom. The van der Waals surface area contributed by atoms with Gasteiger partial charge in [-0.1, -0.05) is 49.4 Å². The molecule has 3 heteroatoms. The van der Waals surface area contributed by atoms with Crippen LogP contribution in [-0.4, -0.2) is 41.4 Å². The van der Waals surface area contributed by atoms with Crippen molar-refractivity contribution in [3.8, 4) is 0 Å². The molecule has 1 heterocycles. The van der Waals surface area contributed by atoms with E-state index in [1.807, 2.05) is 0 Å². The van der Waals surface area contributed by atoms with Gasteiger partial charge in [-0.05, 0) is 47.9 Å². The SMILES string of the molecule is CC1CCCN(C(=O)CCN(Cc2cccc3ccccc23)C2CC2)C1. The average molecular weight is 351 g/mol. The minimum atomic E-state index is 0.347. The highest BCUT2D eigenvalue weighted by molar-refractivity contribution is 5.85. The minimum Gasteiger partial charge on any atom is -0.342 e. The van der Waals surface area contributed by atoms with Crippen LogP contribution in [-0.2, 0) is 11.3 Å². The Hall–Kier alpha value is -1.87. The molecule has 1 saturated carbocycles. The Kier molecular flexibility index (Phi) is 5.26. The van der Waals surface area contributed by atoms with Gasteiger partial charge in [-0.3, -0.25) is 9.69 Å². The number of nitrogens with zero attached hydrogens (tertiary/aromatic N) is 2. The van der Waals surface area contributed by atoms with Crippen LogP contribution in [0.25, 0.3) is 10.8 Å². The first-order chi connectivity index (χ1) is 12.7. The van der Waals surface area contributed by atoms with Crippen molar-refractivity contribution in [3.63, 3.8) is 0 Å². The number of hydrogen-bond acceptors (Lipinski definition) is 2. The molecule has 1 atom stereocenters. The summed E-state index contributed by atoms with van der Waals surface area (Å²) in [4.78, 5) is 17.3. The van der Waals surface area contributed by atoms with Gasteiger partial charge < -0.3 is 4.90 Å². The predicted octanol–water partition coefficient (Wildman–Crippen LogP) is 4.45. The highest BCUT2D eigenvalue weighted by atomic mass is 16.2. The van der Waals surface area contributed by atoms with Crippen molar-refractivity contribution in [2.75, 3.05) is 19.6 Å². The molecule has 0 spiro atoms. The lowest BCUT2D eigenvalue weighted by Gasteiger charge is -2.32. The van der Waals surface area contributed by atoms with E-state index in [1.165, 1.54) is 35.6 Å². The summed E-state index contributed by atoms with van der Waals surface area (Å²) in [6.45, 7) is 6.01. The molecule has 0 radical (unpaired) electrons. The molecular weight excluding hydrogens is 320 g/mol. The predicted molar refractivity (Wildman–Crippen MR) is 107 cm³/mol. The number of benzene rings is 2. The van der Waals surface area contributed by atoms with Crippen molar-refractivity contribution in [3.05, 3.63) is 48.0 Å². The molecular formula is C23H30N2O. The van der Waals surface area contributed by atoms with E-state index in [-0.39, 0.29) is 0 Å². The third-order valence-corrected chi connectivity index (χ3v) is 5.94. The van der Waals surface area contributed by atoms with Gasteiger partial charge in [0.1, 0.15) is 0 Å². The number of piperidine rings is 1. The topological polar surface area (TPSA) is 23.6 Å². The summed E-state index contributed by atoms with van der Waals surface area (Å²) >= 11 is 0. The van der Waals surface area contributed by atoms with E-state index in [0.717, 1.165) is 32.6 Å². The third-order valence-electron chi connectivity index (χ3n) is 5.94. The molecule has 0 N–H and O–H groups in total. The lowest BCUT2D eigenvalue weighted by Crippen LogP contribution is -2.40. The average Bonchev–Trinajstić information content (AvgIpc) is 3.50. The molecule has 2 aromatic carbocycles. The maximum atomic E-state index is 12.7. The molecule has 2 aromatic rings. The Morgan fingerprint density at radius 1 is 1.12 bits per heavy atom. The normalized spacial score (nSPS) is 20.7. The van der Waals surface area contributed by atoms with Crippen LogP contribution in [0.2, 0.25) is 0 Å². The van der Waals surface area contributed by atoms with Crippen LogP contribution in [0.15, 0.2) is 42.5 Å². The maximum absolute atomic E-state index is 12.7. The zero-order valence-electron chi connectivity index (χ0n) is 15.9. The zero-order valence-corrected chi connectivity index (χ0v) is 15.9. The van der Waals surface area contributed by atoms with Gasteiger partial charge in [0.2, 0.25) is 5.91 Å². The van der Waals surface area contributed by atoms with Crippen molar-refractivity contribution >= 4 is 16.7 Å². The van der Waals surface area contributed by atoms with E-state index in [9.17, 15) is 4.79 Å². The highest BCUT2D eigenvalue weighted by Crippen LogP contribution is 2.30. The van der Waals surface area contributed by atoms with Gasteiger partial charge >= 0.3 is 0 Å². The second-order valence-corrected chi connectivity index (χ2v) is 8.18. The summed E-state index contributed by atoms with van der Waals surface area (Å²) in [6.07, 6.45) is 5.64. The van der Waals surface area contributed by atoms with E-state index in [0.29, 0.717) is 24.3 Å². The standard InChI is InChI=1S/C23H30N2O/c1-18-6-5-14-25(16-18)23(26)13-15-24(21-11-12-21)17-20-9-4-8-19-7-2-3-10-22(19)20/h2-4,7-10,18,21H,5-6,11-17H2,1H3. The molecule has 1 saturated heterocycles. The van der Waals surface area contributed by atoms with Crippen LogP contribution < -0.4 is 0 Å². The van der Waals surface area contributed by atoms with Crippen LogP contribution in [0.5, 0.6) is 0 Å². The van der Waals surface area contributed by atoms with E-state index < -0.39 is 0 Å². The van der Waals surface area contributed by atoms with E-state index in [4.69, 9.17) is 0 Å². The van der Waals surface area contributed by atoms with Crippen LogP contribution in [0.4, 0.5) is 0 Å². The summed E-state index contributed by atoms with van der Waals surface area (Å²) in [5.74, 6) is 1.00. The molecule has 1 amide bonds. The number of likely N-dealkylation sites (tertiary alicyclic amines) is 1. The molecule has 0 aromatic heterocycles. The minimum absolute atomic E-state index is 0.347. The van der Waals surface area contributed by atoms with Crippen molar-refractivity contribution in [1.29, 1.82) is 0 Å². The molecule has 0 bridgehead atoms. The Balaban J connectivity index is 1.41. The molecule has 1 aliphatic carbocycles. The Morgan fingerprint density at radius 2 is 1.92 bits per heavy atom. The van der Waals surface area contributed by atoms with Crippen molar-refractivity contribution in [2.45, 2.75) is 51.6 Å².